The number of hydrogen-bond donors (Lipinski definition) is 2. The lowest BCUT2D eigenvalue weighted by Crippen LogP contribution is -2.19. The number of para-hydroxylation sites is 1. The zero-order valence-electron chi connectivity index (χ0n) is 9.61. The molecule has 1 heterocycles. The van der Waals surface area contributed by atoms with Crippen LogP contribution in [-0.4, -0.2) is 10.5 Å². The lowest BCUT2D eigenvalue weighted by molar-refractivity contribution is -0.137. The molecule has 0 bridgehead atoms. The molecule has 0 spiro atoms. The third-order valence-corrected chi connectivity index (χ3v) is 2.61. The first-order valence-electron chi connectivity index (χ1n) is 5.25. The van der Waals surface area contributed by atoms with Crippen LogP contribution in [0.3, 0.4) is 0 Å². The van der Waals surface area contributed by atoms with Crippen LogP contribution in [-0.2, 0) is 6.18 Å². The second kappa shape index (κ2) is 4.34. The van der Waals surface area contributed by atoms with Crippen LogP contribution in [0, 0.1) is 0 Å². The van der Waals surface area contributed by atoms with E-state index in [2.05, 4.69) is 0 Å². The fraction of sp³-hybridized carbons (Fsp3) is 0.0833. The fourth-order valence-electron chi connectivity index (χ4n) is 1.84. The number of aromatic nitrogens is 1. The summed E-state index contributed by atoms with van der Waals surface area (Å²) in [5.41, 5.74) is 9.35. The number of rotatable bonds is 2. The van der Waals surface area contributed by atoms with Crippen molar-refractivity contribution < 1.29 is 18.0 Å². The normalized spacial score (nSPS) is 11.5. The topological polar surface area (TPSA) is 74.0 Å². The van der Waals surface area contributed by atoms with Crippen molar-refractivity contribution >= 4 is 11.6 Å². The van der Waals surface area contributed by atoms with Crippen LogP contribution in [0.25, 0.3) is 5.69 Å². The van der Waals surface area contributed by atoms with Gasteiger partial charge in [-0.2, -0.15) is 13.2 Å². The Morgan fingerprint density at radius 2 is 1.84 bits per heavy atom. The van der Waals surface area contributed by atoms with E-state index in [1.807, 2.05) is 0 Å². The molecule has 1 aromatic carbocycles. The van der Waals surface area contributed by atoms with E-state index in [-0.39, 0.29) is 17.1 Å². The Morgan fingerprint density at radius 1 is 1.16 bits per heavy atom. The molecule has 0 radical (unpaired) electrons. The summed E-state index contributed by atoms with van der Waals surface area (Å²) >= 11 is 0. The third-order valence-electron chi connectivity index (χ3n) is 2.61. The average Bonchev–Trinajstić information content (AvgIpc) is 2.76. The number of hydrogen-bond acceptors (Lipinski definition) is 2. The molecule has 7 heteroatoms. The molecular formula is C12H10F3N3O. The monoisotopic (exact) mass is 269 g/mol. The molecule has 0 aliphatic heterocycles. The lowest BCUT2D eigenvalue weighted by atomic mass is 10.1. The number of nitrogen functional groups attached to an aromatic ring is 1. The van der Waals surface area contributed by atoms with Gasteiger partial charge in [0.15, 0.2) is 0 Å². The maximum Gasteiger partial charge on any atom is 0.418 e. The van der Waals surface area contributed by atoms with Crippen molar-refractivity contribution in [2.45, 2.75) is 6.18 Å². The average molecular weight is 269 g/mol. The molecule has 1 aromatic heterocycles. The summed E-state index contributed by atoms with van der Waals surface area (Å²) in [6.45, 7) is 0. The second-order valence-corrected chi connectivity index (χ2v) is 3.87. The predicted octanol–water partition coefficient (Wildman–Crippen LogP) is 2.18. The highest BCUT2D eigenvalue weighted by molar-refractivity contribution is 5.92. The maximum absolute atomic E-state index is 13.0. The standard InChI is InChI=1S/C12H10F3N3O/c13-12(14,15)7-3-1-4-8(16)10(7)18-6-2-5-9(18)11(17)19/h1-6H,16H2,(H2,17,19). The van der Waals surface area contributed by atoms with Crippen molar-refractivity contribution in [1.29, 1.82) is 0 Å². The van der Waals surface area contributed by atoms with Crippen LogP contribution < -0.4 is 11.5 Å². The Hall–Kier alpha value is -2.44. The maximum atomic E-state index is 13.0. The molecule has 0 unspecified atom stereocenters. The van der Waals surface area contributed by atoms with Gasteiger partial charge in [-0.1, -0.05) is 6.07 Å². The van der Waals surface area contributed by atoms with Crippen LogP contribution in [0.4, 0.5) is 18.9 Å². The molecule has 100 valence electrons. The van der Waals surface area contributed by atoms with Gasteiger partial charge in [-0.05, 0) is 24.3 Å². The number of nitrogens with two attached hydrogens (primary N) is 2. The summed E-state index contributed by atoms with van der Waals surface area (Å²) in [4.78, 5) is 11.2. The van der Waals surface area contributed by atoms with Crippen molar-refractivity contribution in [3.05, 3.63) is 47.8 Å². The van der Waals surface area contributed by atoms with Gasteiger partial charge < -0.3 is 16.0 Å². The molecule has 0 saturated carbocycles. The van der Waals surface area contributed by atoms with Gasteiger partial charge in [0.05, 0.1) is 16.9 Å². The highest BCUT2D eigenvalue weighted by Gasteiger charge is 2.35. The number of carbonyl (C=O) groups excluding carboxylic acids is 1. The van der Waals surface area contributed by atoms with E-state index in [9.17, 15) is 18.0 Å². The van der Waals surface area contributed by atoms with Crippen LogP contribution in [0.15, 0.2) is 36.5 Å². The zero-order chi connectivity index (χ0) is 14.2. The molecule has 0 fully saturated rings. The van der Waals surface area contributed by atoms with E-state index >= 15 is 0 Å². The van der Waals surface area contributed by atoms with Crippen molar-refractivity contribution in [3.63, 3.8) is 0 Å². The molecule has 0 aliphatic rings. The van der Waals surface area contributed by atoms with Crippen LogP contribution in [0.5, 0.6) is 0 Å². The molecule has 1 amide bonds. The van der Waals surface area contributed by atoms with Crippen molar-refractivity contribution in [2.24, 2.45) is 5.73 Å². The number of anilines is 1. The van der Waals surface area contributed by atoms with Gasteiger partial charge in [-0.25, -0.2) is 0 Å². The third kappa shape index (κ3) is 2.26. The molecule has 19 heavy (non-hydrogen) atoms. The number of amides is 1. The van der Waals surface area contributed by atoms with E-state index in [1.165, 1.54) is 30.5 Å². The van der Waals surface area contributed by atoms with E-state index in [0.29, 0.717) is 0 Å². The molecule has 2 rings (SSSR count). The minimum Gasteiger partial charge on any atom is -0.397 e. The van der Waals surface area contributed by atoms with E-state index in [1.54, 1.807) is 0 Å². The Bertz CT molecular complexity index is 631. The first kappa shape index (κ1) is 13.0. The van der Waals surface area contributed by atoms with E-state index in [0.717, 1.165) is 10.6 Å². The fourth-order valence-corrected chi connectivity index (χ4v) is 1.84. The number of alkyl halides is 3. The summed E-state index contributed by atoms with van der Waals surface area (Å²) in [7, 11) is 0. The Balaban J connectivity index is 2.75. The minimum atomic E-state index is -4.58. The van der Waals surface area contributed by atoms with E-state index in [4.69, 9.17) is 11.5 Å². The van der Waals surface area contributed by atoms with Crippen molar-refractivity contribution in [3.8, 4) is 5.69 Å². The van der Waals surface area contributed by atoms with Crippen LogP contribution in [0.1, 0.15) is 16.1 Å². The minimum absolute atomic E-state index is 0.0663. The highest BCUT2D eigenvalue weighted by atomic mass is 19.4. The molecule has 4 nitrogen and oxygen atoms in total. The number of nitrogens with zero attached hydrogens (tertiary/aromatic N) is 1. The molecular weight excluding hydrogens is 259 g/mol. The van der Waals surface area contributed by atoms with Gasteiger partial charge in [0.25, 0.3) is 5.91 Å². The molecule has 0 atom stereocenters. The summed E-state index contributed by atoms with van der Waals surface area (Å²) in [5, 5.41) is 0. The van der Waals surface area contributed by atoms with Crippen molar-refractivity contribution in [2.75, 3.05) is 5.73 Å². The van der Waals surface area contributed by atoms with Crippen LogP contribution in [0.2, 0.25) is 0 Å². The molecule has 2 aromatic rings. The van der Waals surface area contributed by atoms with Gasteiger partial charge in [-0.3, -0.25) is 4.79 Å². The molecule has 4 N–H and O–H groups in total. The number of benzene rings is 1. The molecule has 0 saturated heterocycles. The predicted molar refractivity (Wildman–Crippen MR) is 63.7 cm³/mol. The Kier molecular flexibility index (Phi) is 2.97. The number of carbonyl (C=O) groups is 1. The largest absolute Gasteiger partial charge is 0.418 e. The lowest BCUT2D eigenvalue weighted by Gasteiger charge is -2.17. The van der Waals surface area contributed by atoms with Crippen molar-refractivity contribution in [1.82, 2.24) is 4.57 Å². The van der Waals surface area contributed by atoms with Gasteiger partial charge in [0.2, 0.25) is 0 Å². The number of halogens is 3. The summed E-state index contributed by atoms with van der Waals surface area (Å²) in [5.74, 6) is -0.832. The van der Waals surface area contributed by atoms with Gasteiger partial charge in [0, 0.05) is 6.20 Å². The summed E-state index contributed by atoms with van der Waals surface area (Å²) in [6, 6.07) is 6.18. The second-order valence-electron chi connectivity index (χ2n) is 3.87. The summed E-state index contributed by atoms with van der Waals surface area (Å²) < 4.78 is 39.9. The van der Waals surface area contributed by atoms with Gasteiger partial charge in [-0.15, -0.1) is 0 Å². The highest BCUT2D eigenvalue weighted by Crippen LogP contribution is 2.36. The van der Waals surface area contributed by atoms with E-state index < -0.39 is 17.6 Å². The van der Waals surface area contributed by atoms with Crippen LogP contribution >= 0.6 is 0 Å². The Morgan fingerprint density at radius 3 is 2.42 bits per heavy atom. The molecule has 0 aliphatic carbocycles. The number of primary amides is 1. The summed E-state index contributed by atoms with van der Waals surface area (Å²) in [6.07, 6.45) is -3.27. The van der Waals surface area contributed by atoms with Gasteiger partial charge in [0.1, 0.15) is 5.69 Å². The smallest absolute Gasteiger partial charge is 0.397 e. The first-order valence-corrected chi connectivity index (χ1v) is 5.25. The SMILES string of the molecule is NC(=O)c1cccn1-c1c(N)cccc1C(F)(F)F. The first-order chi connectivity index (χ1) is 8.82. The quantitative estimate of drug-likeness (QED) is 0.820. The zero-order valence-corrected chi connectivity index (χ0v) is 9.61. The Labute approximate surface area is 106 Å². The van der Waals surface area contributed by atoms with Gasteiger partial charge >= 0.3 is 6.18 Å².